The second-order valence-corrected chi connectivity index (χ2v) is 10.5. The Kier molecular flexibility index (Phi) is 6.25. The average molecular weight is 533 g/mol. The molecule has 2 aromatic carbocycles. The Morgan fingerprint density at radius 1 is 1.03 bits per heavy atom. The van der Waals surface area contributed by atoms with Crippen molar-refractivity contribution in [1.82, 2.24) is 19.2 Å². The van der Waals surface area contributed by atoms with Crippen molar-refractivity contribution in [2.24, 2.45) is 0 Å². The molecule has 0 aliphatic carbocycles. The summed E-state index contributed by atoms with van der Waals surface area (Å²) < 4.78 is 41.0. The zero-order chi connectivity index (χ0) is 27.0. The number of imidazole rings is 1. The van der Waals surface area contributed by atoms with Crippen molar-refractivity contribution in [3.05, 3.63) is 90.1 Å². The van der Waals surface area contributed by atoms with Crippen molar-refractivity contribution in [3.8, 4) is 16.8 Å². The number of benzene rings is 2. The summed E-state index contributed by atoms with van der Waals surface area (Å²) in [7, 11) is -3.75. The van der Waals surface area contributed by atoms with E-state index in [-0.39, 0.29) is 10.7 Å². The lowest BCUT2D eigenvalue weighted by Crippen LogP contribution is -2.13. The molecule has 10 nitrogen and oxygen atoms in total. The van der Waals surface area contributed by atoms with E-state index in [2.05, 4.69) is 20.7 Å². The van der Waals surface area contributed by atoms with Gasteiger partial charge < -0.3 is 15.0 Å². The third kappa shape index (κ3) is 4.89. The van der Waals surface area contributed by atoms with E-state index in [0.29, 0.717) is 29.2 Å². The lowest BCUT2D eigenvalue weighted by Gasteiger charge is -2.10. The Labute approximate surface area is 216 Å². The number of sulfone groups is 1. The van der Waals surface area contributed by atoms with Gasteiger partial charge in [0, 0.05) is 24.2 Å². The number of aromatic nitrogens is 4. The van der Waals surface area contributed by atoms with E-state index in [4.69, 9.17) is 0 Å². The predicted molar refractivity (Wildman–Crippen MR) is 140 cm³/mol. The van der Waals surface area contributed by atoms with Crippen LogP contribution in [-0.4, -0.2) is 46.2 Å². The number of hydrogen-bond acceptors (Lipinski definition) is 6. The molecule has 0 saturated carbocycles. The smallest absolute Gasteiger partial charge is 0.276 e. The van der Waals surface area contributed by atoms with Gasteiger partial charge in [-0.25, -0.2) is 22.5 Å². The molecule has 2 N–H and O–H groups in total. The first kappa shape index (κ1) is 24.8. The number of carbonyl (C=O) groups excluding carboxylic acids is 2. The summed E-state index contributed by atoms with van der Waals surface area (Å²) in [6.45, 7) is 1.93. The summed E-state index contributed by atoms with van der Waals surface area (Å²) in [5, 5.41) is 9.27. The van der Waals surface area contributed by atoms with Crippen LogP contribution >= 0.6 is 0 Å². The molecular weight excluding hydrogens is 511 g/mol. The number of carbonyl (C=O) groups is 2. The fourth-order valence-corrected chi connectivity index (χ4v) is 4.78. The standard InChI is InChI=1S/C26H21FN6O4S/c1-16-3-7-19(11-21(16)17-4-10-24-30-23(28-15-34)14-32(24)13-17)29-26(35)22-12-25(38(2,36)37)33(31-22)20-8-5-18(27)6-9-20/h3-15H,1-2H3,(H,28,34)(H,29,35). The predicted octanol–water partition coefficient (Wildman–Crippen LogP) is 3.86. The van der Waals surface area contributed by atoms with Crippen LogP contribution in [-0.2, 0) is 14.6 Å². The highest BCUT2D eigenvalue weighted by atomic mass is 32.2. The van der Waals surface area contributed by atoms with Crippen molar-refractivity contribution >= 4 is 39.3 Å². The van der Waals surface area contributed by atoms with Gasteiger partial charge in [-0.1, -0.05) is 6.07 Å². The maximum absolute atomic E-state index is 13.4. The normalized spacial score (nSPS) is 11.4. The van der Waals surface area contributed by atoms with E-state index in [9.17, 15) is 22.4 Å². The van der Waals surface area contributed by atoms with E-state index in [1.165, 1.54) is 30.3 Å². The number of halogens is 1. The van der Waals surface area contributed by atoms with Crippen LogP contribution in [0.25, 0.3) is 22.5 Å². The minimum absolute atomic E-state index is 0.119. The van der Waals surface area contributed by atoms with Crippen molar-refractivity contribution in [2.75, 3.05) is 16.9 Å². The summed E-state index contributed by atoms with van der Waals surface area (Å²) in [6.07, 6.45) is 5.10. The van der Waals surface area contributed by atoms with E-state index in [1.54, 1.807) is 22.7 Å². The fourth-order valence-electron chi connectivity index (χ4n) is 3.99. The highest BCUT2D eigenvalue weighted by molar-refractivity contribution is 7.90. The van der Waals surface area contributed by atoms with Crippen LogP contribution in [0.4, 0.5) is 15.9 Å². The second-order valence-electron chi connectivity index (χ2n) is 8.58. The van der Waals surface area contributed by atoms with Gasteiger partial charge in [0.1, 0.15) is 11.5 Å². The number of nitrogens with zero attached hydrogens (tertiary/aromatic N) is 4. The first-order valence-electron chi connectivity index (χ1n) is 11.3. The molecule has 192 valence electrons. The van der Waals surface area contributed by atoms with Gasteiger partial charge >= 0.3 is 0 Å². The molecule has 0 aliphatic rings. The van der Waals surface area contributed by atoms with Gasteiger partial charge in [0.2, 0.25) is 6.41 Å². The van der Waals surface area contributed by atoms with Gasteiger partial charge in [0.05, 0.1) is 11.9 Å². The number of aryl methyl sites for hydroxylation is 1. The van der Waals surface area contributed by atoms with E-state index >= 15 is 0 Å². The minimum atomic E-state index is -3.75. The van der Waals surface area contributed by atoms with Crippen LogP contribution in [0.1, 0.15) is 16.1 Å². The Morgan fingerprint density at radius 3 is 2.50 bits per heavy atom. The molecule has 0 unspecified atom stereocenters. The molecule has 3 aromatic heterocycles. The summed E-state index contributed by atoms with van der Waals surface area (Å²) in [5.41, 5.74) is 3.95. The monoisotopic (exact) mass is 532 g/mol. The first-order chi connectivity index (χ1) is 18.1. The SMILES string of the molecule is Cc1ccc(NC(=O)c2cc(S(C)(=O)=O)n(-c3ccc(F)cc3)n2)cc1-c1ccc2nc(NC=O)cn2c1. The van der Waals surface area contributed by atoms with Gasteiger partial charge in [-0.3, -0.25) is 9.59 Å². The lowest BCUT2D eigenvalue weighted by atomic mass is 10.0. The number of pyridine rings is 1. The molecule has 2 amide bonds. The highest BCUT2D eigenvalue weighted by Crippen LogP contribution is 2.28. The number of rotatable bonds is 7. The third-order valence-corrected chi connectivity index (χ3v) is 6.88. The largest absolute Gasteiger partial charge is 0.321 e. The van der Waals surface area contributed by atoms with E-state index in [1.807, 2.05) is 31.3 Å². The Bertz CT molecular complexity index is 1810. The zero-order valence-corrected chi connectivity index (χ0v) is 21.0. The topological polar surface area (TPSA) is 127 Å². The van der Waals surface area contributed by atoms with Crippen LogP contribution in [0.2, 0.25) is 0 Å². The van der Waals surface area contributed by atoms with Crippen molar-refractivity contribution in [1.29, 1.82) is 0 Å². The van der Waals surface area contributed by atoms with Gasteiger partial charge in [0.15, 0.2) is 26.4 Å². The van der Waals surface area contributed by atoms with Crippen LogP contribution < -0.4 is 10.6 Å². The molecule has 12 heteroatoms. The summed E-state index contributed by atoms with van der Waals surface area (Å²) in [6, 6.07) is 15.4. The second kappa shape index (κ2) is 9.56. The summed E-state index contributed by atoms with van der Waals surface area (Å²) in [5.74, 6) is -0.677. The molecule has 0 saturated heterocycles. The molecule has 0 aliphatic heterocycles. The van der Waals surface area contributed by atoms with Gasteiger partial charge in [-0.2, -0.15) is 5.10 Å². The van der Waals surface area contributed by atoms with Crippen molar-refractivity contribution in [2.45, 2.75) is 11.9 Å². The van der Waals surface area contributed by atoms with Gasteiger partial charge in [-0.15, -0.1) is 0 Å². The number of nitrogens with one attached hydrogen (secondary N) is 2. The molecule has 3 heterocycles. The molecular formula is C26H21FN6O4S. The number of amides is 2. The Morgan fingerprint density at radius 2 is 1.79 bits per heavy atom. The third-order valence-electron chi connectivity index (χ3n) is 5.82. The Hall–Kier alpha value is -4.84. The molecule has 38 heavy (non-hydrogen) atoms. The van der Waals surface area contributed by atoms with Crippen LogP contribution in [0, 0.1) is 12.7 Å². The lowest BCUT2D eigenvalue weighted by molar-refractivity contribution is -0.105. The molecule has 0 radical (unpaired) electrons. The van der Waals surface area contributed by atoms with E-state index in [0.717, 1.165) is 27.6 Å². The van der Waals surface area contributed by atoms with E-state index < -0.39 is 21.6 Å². The fraction of sp³-hybridized carbons (Fsp3) is 0.0769. The molecule has 5 aromatic rings. The quantitative estimate of drug-likeness (QED) is 0.307. The molecule has 5 rings (SSSR count). The highest BCUT2D eigenvalue weighted by Gasteiger charge is 2.22. The number of hydrogen-bond donors (Lipinski definition) is 2. The molecule has 0 spiro atoms. The van der Waals surface area contributed by atoms with Crippen LogP contribution in [0.3, 0.4) is 0 Å². The van der Waals surface area contributed by atoms with Crippen molar-refractivity contribution < 1.29 is 22.4 Å². The molecule has 0 fully saturated rings. The van der Waals surface area contributed by atoms with Gasteiger partial charge in [0.25, 0.3) is 5.91 Å². The zero-order valence-electron chi connectivity index (χ0n) is 20.2. The van der Waals surface area contributed by atoms with Crippen LogP contribution in [0.15, 0.2) is 78.1 Å². The van der Waals surface area contributed by atoms with Gasteiger partial charge in [-0.05, 0) is 72.1 Å². The summed E-state index contributed by atoms with van der Waals surface area (Å²) in [4.78, 5) is 28.1. The minimum Gasteiger partial charge on any atom is -0.321 e. The maximum Gasteiger partial charge on any atom is 0.276 e. The number of anilines is 2. The maximum atomic E-state index is 13.4. The Balaban J connectivity index is 1.46. The van der Waals surface area contributed by atoms with Crippen molar-refractivity contribution in [3.63, 3.8) is 0 Å². The molecule has 0 bridgehead atoms. The number of fused-ring (bicyclic) bond motifs is 1. The average Bonchev–Trinajstić information content (AvgIpc) is 3.50. The first-order valence-corrected chi connectivity index (χ1v) is 13.2. The molecule has 0 atom stereocenters. The van der Waals surface area contributed by atoms with Crippen LogP contribution in [0.5, 0.6) is 0 Å². The summed E-state index contributed by atoms with van der Waals surface area (Å²) >= 11 is 0.